The van der Waals surface area contributed by atoms with Gasteiger partial charge >= 0.3 is 0 Å². The van der Waals surface area contributed by atoms with E-state index < -0.39 is 6.17 Å². The molecule has 0 saturated heterocycles. The molecule has 1 nitrogen and oxygen atoms in total. The molecule has 0 aromatic carbocycles. The Hall–Kier alpha value is -0.400. The van der Waals surface area contributed by atoms with Gasteiger partial charge in [-0.05, 0) is 6.92 Å². The third-order valence-corrected chi connectivity index (χ3v) is 0.613. The van der Waals surface area contributed by atoms with Gasteiger partial charge < -0.3 is 4.99 Å². The van der Waals surface area contributed by atoms with Crippen molar-refractivity contribution in [3.63, 3.8) is 0 Å². The van der Waals surface area contributed by atoms with Gasteiger partial charge in [0.1, 0.15) is 6.17 Å². The van der Waals surface area contributed by atoms with Gasteiger partial charge in [-0.1, -0.05) is 0 Å². The monoisotopic (exact) mass is 103 g/mol. The van der Waals surface area contributed by atoms with Gasteiger partial charge in [0.25, 0.3) is 0 Å². The summed E-state index contributed by atoms with van der Waals surface area (Å²) in [5.41, 5.74) is 0. The van der Waals surface area contributed by atoms with E-state index in [2.05, 4.69) is 4.99 Å². The predicted octanol–water partition coefficient (Wildman–Crippen LogP) is 1.44. The number of alkyl halides is 1. The van der Waals surface area contributed by atoms with E-state index in [9.17, 15) is 4.39 Å². The molecule has 0 aromatic heterocycles. The molecule has 0 amide bonds. The summed E-state index contributed by atoms with van der Waals surface area (Å²) >= 11 is 0. The van der Waals surface area contributed by atoms with E-state index in [4.69, 9.17) is 0 Å². The van der Waals surface area contributed by atoms with E-state index in [-0.39, 0.29) is 0 Å². The molecule has 0 radical (unpaired) electrons. The molecular weight excluding hydrogens is 93.1 g/mol. The third-order valence-electron chi connectivity index (χ3n) is 0.613. The van der Waals surface area contributed by atoms with Crippen LogP contribution in [0.25, 0.3) is 0 Å². The van der Waals surface area contributed by atoms with Crippen LogP contribution in [0.1, 0.15) is 13.3 Å². The van der Waals surface area contributed by atoms with Crippen LogP contribution >= 0.6 is 0 Å². The lowest BCUT2D eigenvalue weighted by Gasteiger charge is -1.88. The highest BCUT2D eigenvalue weighted by Gasteiger charge is 1.89. The Morgan fingerprint density at radius 2 is 2.43 bits per heavy atom. The fourth-order valence-electron chi connectivity index (χ4n) is 0.251. The summed E-state index contributed by atoms with van der Waals surface area (Å²) < 4.78 is 11.8. The zero-order chi connectivity index (χ0) is 5.70. The normalized spacial score (nSPS) is 15.3. The second-order valence-electron chi connectivity index (χ2n) is 1.46. The quantitative estimate of drug-likeness (QED) is 0.469. The van der Waals surface area contributed by atoms with E-state index in [0.717, 1.165) is 0 Å². The van der Waals surface area contributed by atoms with Crippen LogP contribution < -0.4 is 0 Å². The number of nitrogens with zero attached hydrogens (tertiary/aromatic N) is 1. The van der Waals surface area contributed by atoms with E-state index in [1.807, 2.05) is 0 Å². The van der Waals surface area contributed by atoms with Crippen molar-refractivity contribution in [2.45, 2.75) is 19.5 Å². The molecule has 2 heteroatoms. The minimum atomic E-state index is -0.747. The minimum Gasteiger partial charge on any atom is -0.301 e. The average Bonchev–Trinajstić information content (AvgIpc) is 1.61. The molecule has 0 aromatic rings. The van der Waals surface area contributed by atoms with Crippen molar-refractivity contribution in [2.75, 3.05) is 7.05 Å². The third kappa shape index (κ3) is 5.60. The molecule has 1 unspecified atom stereocenters. The largest absolute Gasteiger partial charge is 0.301 e. The topological polar surface area (TPSA) is 12.4 Å². The molecular formula is C5H10FN. The molecule has 0 aliphatic rings. The molecule has 42 valence electrons. The summed E-state index contributed by atoms with van der Waals surface area (Å²) in [6.45, 7) is 1.52. The van der Waals surface area contributed by atoms with Crippen LogP contribution in [0.3, 0.4) is 0 Å². The Labute approximate surface area is 43.3 Å². The summed E-state index contributed by atoms with van der Waals surface area (Å²) in [6.07, 6.45) is 1.27. The van der Waals surface area contributed by atoms with Crippen molar-refractivity contribution in [3.8, 4) is 0 Å². The minimum absolute atomic E-state index is 0.441. The van der Waals surface area contributed by atoms with E-state index in [1.165, 1.54) is 6.92 Å². The van der Waals surface area contributed by atoms with Gasteiger partial charge in [-0.25, -0.2) is 4.39 Å². The van der Waals surface area contributed by atoms with Crippen molar-refractivity contribution < 1.29 is 4.39 Å². The van der Waals surface area contributed by atoms with Gasteiger partial charge in [0.2, 0.25) is 0 Å². The van der Waals surface area contributed by atoms with Gasteiger partial charge in [-0.15, -0.1) is 0 Å². The maximum atomic E-state index is 11.8. The van der Waals surface area contributed by atoms with Gasteiger partial charge in [-0.2, -0.15) is 0 Å². The Balaban J connectivity index is 2.97. The van der Waals surface area contributed by atoms with E-state index >= 15 is 0 Å². The first kappa shape index (κ1) is 6.60. The molecule has 0 bridgehead atoms. The lowest BCUT2D eigenvalue weighted by atomic mass is 10.3. The fourth-order valence-corrected chi connectivity index (χ4v) is 0.251. The highest BCUT2D eigenvalue weighted by atomic mass is 19.1. The number of aliphatic imine (C=N–C) groups is 1. The van der Waals surface area contributed by atoms with Crippen LogP contribution in [0.15, 0.2) is 4.99 Å². The lowest BCUT2D eigenvalue weighted by Crippen LogP contribution is -1.90. The summed E-state index contributed by atoms with van der Waals surface area (Å²) in [6, 6.07) is 0. The van der Waals surface area contributed by atoms with Crippen LogP contribution in [0.5, 0.6) is 0 Å². The molecule has 1 atom stereocenters. The first-order valence-corrected chi connectivity index (χ1v) is 2.32. The molecule has 7 heavy (non-hydrogen) atoms. The SMILES string of the molecule is C/N=C\CC(C)F. The summed E-state index contributed by atoms with van der Waals surface area (Å²) in [5, 5.41) is 0. The Bertz CT molecular complexity index is 59.1. The Kier molecular flexibility index (Phi) is 3.56. The number of hydrogen-bond acceptors (Lipinski definition) is 1. The standard InChI is InChI=1S/C5H10FN/c1-5(6)3-4-7-2/h4-5H,3H2,1-2H3/b7-4-. The van der Waals surface area contributed by atoms with Gasteiger partial charge in [-0.3, -0.25) is 0 Å². The lowest BCUT2D eigenvalue weighted by molar-refractivity contribution is 0.374. The maximum absolute atomic E-state index is 11.8. The second kappa shape index (κ2) is 3.78. The Morgan fingerprint density at radius 1 is 1.86 bits per heavy atom. The van der Waals surface area contributed by atoms with Crippen LogP contribution in [-0.4, -0.2) is 19.4 Å². The van der Waals surface area contributed by atoms with Crippen molar-refractivity contribution in [1.29, 1.82) is 0 Å². The van der Waals surface area contributed by atoms with Crippen molar-refractivity contribution >= 4 is 6.21 Å². The fraction of sp³-hybridized carbons (Fsp3) is 0.800. The smallest absolute Gasteiger partial charge is 0.102 e. The summed E-state index contributed by atoms with van der Waals surface area (Å²) in [4.78, 5) is 3.61. The average molecular weight is 103 g/mol. The zero-order valence-electron chi connectivity index (χ0n) is 4.69. The first-order valence-electron chi connectivity index (χ1n) is 2.32. The summed E-state index contributed by atoms with van der Waals surface area (Å²) in [7, 11) is 1.64. The van der Waals surface area contributed by atoms with E-state index in [1.54, 1.807) is 13.3 Å². The molecule has 0 aliphatic carbocycles. The Morgan fingerprint density at radius 3 is 2.57 bits per heavy atom. The van der Waals surface area contributed by atoms with Crippen LogP contribution in [0.2, 0.25) is 0 Å². The van der Waals surface area contributed by atoms with Crippen LogP contribution in [0.4, 0.5) is 4.39 Å². The number of halogens is 1. The first-order chi connectivity index (χ1) is 3.27. The molecule has 0 rings (SSSR count). The van der Waals surface area contributed by atoms with E-state index in [0.29, 0.717) is 6.42 Å². The number of rotatable bonds is 2. The molecule has 0 spiro atoms. The second-order valence-corrected chi connectivity index (χ2v) is 1.46. The number of hydrogen-bond donors (Lipinski definition) is 0. The predicted molar refractivity (Wildman–Crippen MR) is 29.6 cm³/mol. The highest BCUT2D eigenvalue weighted by molar-refractivity contribution is 5.57. The van der Waals surface area contributed by atoms with Crippen molar-refractivity contribution in [3.05, 3.63) is 0 Å². The zero-order valence-corrected chi connectivity index (χ0v) is 4.69. The molecule has 0 N–H and O–H groups in total. The molecule has 0 aliphatic heterocycles. The van der Waals surface area contributed by atoms with Crippen LogP contribution in [0, 0.1) is 0 Å². The highest BCUT2D eigenvalue weighted by Crippen LogP contribution is 1.90. The maximum Gasteiger partial charge on any atom is 0.102 e. The molecule has 0 heterocycles. The summed E-state index contributed by atoms with van der Waals surface area (Å²) in [5.74, 6) is 0. The van der Waals surface area contributed by atoms with Gasteiger partial charge in [0, 0.05) is 19.7 Å². The van der Waals surface area contributed by atoms with Crippen LogP contribution in [-0.2, 0) is 0 Å². The van der Waals surface area contributed by atoms with Crippen molar-refractivity contribution in [2.24, 2.45) is 4.99 Å². The van der Waals surface area contributed by atoms with Crippen molar-refractivity contribution in [1.82, 2.24) is 0 Å². The van der Waals surface area contributed by atoms with Gasteiger partial charge in [0.15, 0.2) is 0 Å². The molecule has 0 fully saturated rings. The molecule has 0 saturated carbocycles. The van der Waals surface area contributed by atoms with Gasteiger partial charge in [0.05, 0.1) is 0 Å².